The molecule has 5 rings (SSSR count). The van der Waals surface area contributed by atoms with Crippen LogP contribution in [0.15, 0.2) is 30.3 Å². The van der Waals surface area contributed by atoms with Gasteiger partial charge in [0.05, 0.1) is 11.8 Å². The van der Waals surface area contributed by atoms with Crippen LogP contribution in [-0.2, 0) is 24.5 Å². The van der Waals surface area contributed by atoms with Crippen LogP contribution in [0.3, 0.4) is 0 Å². The first-order valence-electron chi connectivity index (χ1n) is 12.2. The number of hydrogen-bond acceptors (Lipinski definition) is 5. The van der Waals surface area contributed by atoms with E-state index in [0.717, 1.165) is 69.3 Å². The van der Waals surface area contributed by atoms with Crippen LogP contribution in [0, 0.1) is 5.92 Å². The zero-order valence-electron chi connectivity index (χ0n) is 19.8. The Labute approximate surface area is 192 Å². The third kappa shape index (κ3) is 5.25. The van der Waals surface area contributed by atoms with Crippen LogP contribution in [0.5, 0.6) is 0 Å². The topological polar surface area (TPSA) is 55.8 Å². The molecule has 3 aliphatic heterocycles. The smallest absolute Gasteiger partial charge is 0.316 e. The molecule has 0 radical (unpaired) electrons. The lowest BCUT2D eigenvalue weighted by atomic mass is 9.78. The fourth-order valence-corrected chi connectivity index (χ4v) is 5.50. The molecule has 0 aromatic heterocycles. The standard InChI is InChI=1S/C27H37NO4/c1-26(2,3)32-24(29)11-7-9-20-8-6-10-22(18-20)27(14-4-5-15-27)25(30)31-23-19-28-16-12-21(23)13-17-28/h6-10,18,21,23H,4-5,11-17,19H2,1-3H3/b9-7+. The third-order valence-electron chi connectivity index (χ3n) is 7.16. The predicted octanol–water partition coefficient (Wildman–Crippen LogP) is 4.88. The van der Waals surface area contributed by atoms with E-state index in [2.05, 4.69) is 17.0 Å². The van der Waals surface area contributed by atoms with Crippen LogP contribution in [0.1, 0.15) is 76.8 Å². The molecule has 1 aliphatic carbocycles. The van der Waals surface area contributed by atoms with Gasteiger partial charge in [0.2, 0.25) is 0 Å². The van der Waals surface area contributed by atoms with Gasteiger partial charge in [-0.1, -0.05) is 49.3 Å². The molecule has 0 spiro atoms. The lowest BCUT2D eigenvalue weighted by molar-refractivity contribution is -0.166. The van der Waals surface area contributed by atoms with E-state index in [0.29, 0.717) is 5.92 Å². The number of carbonyl (C=O) groups excluding carboxylic acids is 2. The van der Waals surface area contributed by atoms with Gasteiger partial charge in [-0.2, -0.15) is 0 Å². The number of ether oxygens (including phenoxy) is 2. The van der Waals surface area contributed by atoms with E-state index in [1.54, 1.807) is 0 Å². The van der Waals surface area contributed by atoms with Crippen molar-refractivity contribution in [2.24, 2.45) is 5.92 Å². The zero-order valence-corrected chi connectivity index (χ0v) is 19.8. The Morgan fingerprint density at radius 3 is 2.50 bits per heavy atom. The minimum Gasteiger partial charge on any atom is -0.460 e. The third-order valence-corrected chi connectivity index (χ3v) is 7.16. The molecule has 174 valence electrons. The number of hydrogen-bond donors (Lipinski definition) is 0. The Morgan fingerprint density at radius 1 is 1.16 bits per heavy atom. The fourth-order valence-electron chi connectivity index (χ4n) is 5.50. The zero-order chi connectivity index (χ0) is 22.8. The lowest BCUT2D eigenvalue weighted by Gasteiger charge is -2.45. The summed E-state index contributed by atoms with van der Waals surface area (Å²) in [6, 6.07) is 8.17. The van der Waals surface area contributed by atoms with Crippen LogP contribution in [0.25, 0.3) is 6.08 Å². The molecule has 5 heteroatoms. The summed E-state index contributed by atoms with van der Waals surface area (Å²) in [4.78, 5) is 27.9. The highest BCUT2D eigenvalue weighted by atomic mass is 16.6. The molecule has 1 aromatic rings. The summed E-state index contributed by atoms with van der Waals surface area (Å²) >= 11 is 0. The average molecular weight is 440 g/mol. The van der Waals surface area contributed by atoms with Gasteiger partial charge in [0.15, 0.2) is 0 Å². The van der Waals surface area contributed by atoms with Gasteiger partial charge >= 0.3 is 11.9 Å². The number of benzene rings is 1. The summed E-state index contributed by atoms with van der Waals surface area (Å²) in [5.41, 5.74) is 1.02. The quantitative estimate of drug-likeness (QED) is 0.591. The van der Waals surface area contributed by atoms with Crippen molar-refractivity contribution in [1.29, 1.82) is 0 Å². The van der Waals surface area contributed by atoms with E-state index in [1.165, 1.54) is 0 Å². The summed E-state index contributed by atoms with van der Waals surface area (Å²) in [7, 11) is 0. The van der Waals surface area contributed by atoms with E-state index in [9.17, 15) is 9.59 Å². The summed E-state index contributed by atoms with van der Waals surface area (Å²) < 4.78 is 11.6. The summed E-state index contributed by atoms with van der Waals surface area (Å²) in [6.07, 6.45) is 10.1. The SMILES string of the molecule is CC(C)(C)OC(=O)C/C=C/c1cccc(C2(C(=O)OC3CN4CCC3CC4)CCCC2)c1. The van der Waals surface area contributed by atoms with E-state index >= 15 is 0 Å². The molecule has 1 unspecified atom stereocenters. The number of fused-ring (bicyclic) bond motifs is 3. The van der Waals surface area contributed by atoms with Gasteiger partial charge in [-0.3, -0.25) is 14.5 Å². The Bertz CT molecular complexity index is 855. The maximum atomic E-state index is 13.5. The number of carbonyl (C=O) groups is 2. The molecule has 5 nitrogen and oxygen atoms in total. The van der Waals surface area contributed by atoms with Crippen molar-refractivity contribution in [2.45, 2.75) is 82.8 Å². The van der Waals surface area contributed by atoms with Crippen LogP contribution in [0.2, 0.25) is 0 Å². The van der Waals surface area contributed by atoms with E-state index in [-0.39, 0.29) is 24.5 Å². The van der Waals surface area contributed by atoms with Gasteiger partial charge in [0.25, 0.3) is 0 Å². The molecule has 0 amide bonds. The van der Waals surface area contributed by atoms with Crippen molar-refractivity contribution in [1.82, 2.24) is 4.90 Å². The molecule has 2 bridgehead atoms. The van der Waals surface area contributed by atoms with Crippen LogP contribution < -0.4 is 0 Å². The molecule has 1 saturated carbocycles. The molecular formula is C27H37NO4. The first kappa shape index (κ1) is 23.0. The molecular weight excluding hydrogens is 402 g/mol. The maximum absolute atomic E-state index is 13.5. The van der Waals surface area contributed by atoms with Crippen molar-refractivity contribution < 1.29 is 19.1 Å². The Kier molecular flexibility index (Phi) is 6.75. The highest BCUT2D eigenvalue weighted by Gasteiger charge is 2.47. The van der Waals surface area contributed by atoms with Crippen molar-refractivity contribution in [3.05, 3.63) is 41.5 Å². The minimum atomic E-state index is -0.541. The van der Waals surface area contributed by atoms with E-state index in [4.69, 9.17) is 9.47 Å². The lowest BCUT2D eigenvalue weighted by Crippen LogP contribution is -2.53. The highest BCUT2D eigenvalue weighted by Crippen LogP contribution is 2.43. The first-order chi connectivity index (χ1) is 15.2. The molecule has 1 atom stereocenters. The monoisotopic (exact) mass is 439 g/mol. The van der Waals surface area contributed by atoms with Gasteiger partial charge in [-0.25, -0.2) is 0 Å². The molecule has 4 fully saturated rings. The van der Waals surface area contributed by atoms with Crippen LogP contribution in [-0.4, -0.2) is 48.2 Å². The number of piperidine rings is 3. The van der Waals surface area contributed by atoms with Gasteiger partial charge in [0, 0.05) is 6.54 Å². The minimum absolute atomic E-state index is 0.0383. The van der Waals surface area contributed by atoms with Crippen LogP contribution >= 0.6 is 0 Å². The first-order valence-corrected chi connectivity index (χ1v) is 12.2. The van der Waals surface area contributed by atoms with Gasteiger partial charge in [-0.05, 0) is 76.6 Å². The summed E-state index contributed by atoms with van der Waals surface area (Å²) in [5, 5.41) is 0. The van der Waals surface area contributed by atoms with Crippen molar-refractivity contribution in [3.8, 4) is 0 Å². The number of rotatable bonds is 6. The van der Waals surface area contributed by atoms with E-state index in [1.807, 2.05) is 45.1 Å². The normalized spacial score (nSPS) is 26.9. The molecule has 3 saturated heterocycles. The second-order valence-corrected chi connectivity index (χ2v) is 10.7. The number of esters is 2. The van der Waals surface area contributed by atoms with Gasteiger partial charge in [0.1, 0.15) is 11.7 Å². The second kappa shape index (κ2) is 9.38. The second-order valence-electron chi connectivity index (χ2n) is 10.7. The Balaban J connectivity index is 1.46. The average Bonchev–Trinajstić information content (AvgIpc) is 3.25. The molecule has 1 aromatic carbocycles. The van der Waals surface area contributed by atoms with Gasteiger partial charge < -0.3 is 9.47 Å². The number of nitrogens with zero attached hydrogens (tertiary/aromatic N) is 1. The summed E-state index contributed by atoms with van der Waals surface area (Å²) in [6.45, 7) is 8.78. The molecule has 0 N–H and O–H groups in total. The summed E-state index contributed by atoms with van der Waals surface area (Å²) in [5.74, 6) is 0.242. The van der Waals surface area contributed by atoms with Crippen LogP contribution in [0.4, 0.5) is 0 Å². The molecule has 32 heavy (non-hydrogen) atoms. The Hall–Kier alpha value is -2.14. The van der Waals surface area contributed by atoms with Crippen molar-refractivity contribution in [2.75, 3.05) is 19.6 Å². The van der Waals surface area contributed by atoms with Crippen molar-refractivity contribution in [3.63, 3.8) is 0 Å². The van der Waals surface area contributed by atoms with Crippen molar-refractivity contribution >= 4 is 18.0 Å². The molecule has 3 heterocycles. The van der Waals surface area contributed by atoms with E-state index < -0.39 is 11.0 Å². The highest BCUT2D eigenvalue weighted by molar-refractivity contribution is 5.84. The largest absolute Gasteiger partial charge is 0.460 e. The fraction of sp³-hybridized carbons (Fsp3) is 0.630. The Morgan fingerprint density at radius 2 is 1.88 bits per heavy atom. The maximum Gasteiger partial charge on any atom is 0.316 e. The predicted molar refractivity (Wildman–Crippen MR) is 125 cm³/mol. The van der Waals surface area contributed by atoms with Gasteiger partial charge in [-0.15, -0.1) is 0 Å². The molecule has 4 aliphatic rings.